The second-order valence-corrected chi connectivity index (χ2v) is 2.19. The second kappa shape index (κ2) is 6.49. The van der Waals surface area contributed by atoms with E-state index < -0.39 is 0 Å². The van der Waals surface area contributed by atoms with E-state index in [1.165, 1.54) is 0 Å². The fourth-order valence-corrected chi connectivity index (χ4v) is 0.683. The highest BCUT2D eigenvalue weighted by atomic mass is 16.3. The second-order valence-electron chi connectivity index (χ2n) is 2.19. The van der Waals surface area contributed by atoms with Gasteiger partial charge in [0.2, 0.25) is 0 Å². The summed E-state index contributed by atoms with van der Waals surface area (Å²) in [5.74, 6) is 0. The maximum Gasteiger partial charge on any atom is 0.123 e. The van der Waals surface area contributed by atoms with Crippen molar-refractivity contribution in [1.82, 2.24) is 0 Å². The molecule has 0 spiro atoms. The lowest BCUT2D eigenvalue weighted by Gasteiger charge is -1.99. The molecule has 1 atom stereocenters. The Bertz CT molecular complexity index is 108. The average molecular weight is 142 g/mol. The molecule has 2 heteroatoms. The first-order chi connectivity index (χ1) is 4.81. The standard InChI is InChI=1S/C8H14O2/c1-2-5-8(10)6-3-4-7-9/h3,6-8,10H,2,4-5H2,1H3/b6-3+. The first-order valence-electron chi connectivity index (χ1n) is 3.59. The summed E-state index contributed by atoms with van der Waals surface area (Å²) in [5, 5.41) is 9.07. The van der Waals surface area contributed by atoms with Crippen LogP contribution >= 0.6 is 0 Å². The van der Waals surface area contributed by atoms with Gasteiger partial charge in [0.15, 0.2) is 0 Å². The Hall–Kier alpha value is -0.630. The topological polar surface area (TPSA) is 37.3 Å². The predicted molar refractivity (Wildman–Crippen MR) is 40.7 cm³/mol. The molecule has 0 saturated carbocycles. The van der Waals surface area contributed by atoms with Crippen molar-refractivity contribution in [1.29, 1.82) is 0 Å². The minimum Gasteiger partial charge on any atom is -0.389 e. The van der Waals surface area contributed by atoms with Gasteiger partial charge in [0.05, 0.1) is 6.10 Å². The molecule has 0 fully saturated rings. The molecular weight excluding hydrogens is 128 g/mol. The van der Waals surface area contributed by atoms with Crippen LogP contribution in [0.15, 0.2) is 12.2 Å². The molecule has 58 valence electrons. The number of rotatable bonds is 5. The van der Waals surface area contributed by atoms with Crippen LogP contribution in [0.2, 0.25) is 0 Å². The molecule has 0 aromatic carbocycles. The zero-order valence-electron chi connectivity index (χ0n) is 6.29. The number of carbonyl (C=O) groups excluding carboxylic acids is 1. The van der Waals surface area contributed by atoms with Crippen molar-refractivity contribution >= 4 is 6.29 Å². The van der Waals surface area contributed by atoms with Gasteiger partial charge >= 0.3 is 0 Å². The van der Waals surface area contributed by atoms with Crippen molar-refractivity contribution in [3.05, 3.63) is 12.2 Å². The number of carbonyl (C=O) groups is 1. The Morgan fingerprint density at radius 2 is 2.30 bits per heavy atom. The lowest BCUT2D eigenvalue weighted by molar-refractivity contribution is -0.107. The molecule has 0 aliphatic carbocycles. The van der Waals surface area contributed by atoms with E-state index in [0.717, 1.165) is 19.1 Å². The zero-order valence-corrected chi connectivity index (χ0v) is 6.29. The highest BCUT2D eigenvalue weighted by Gasteiger charge is 1.93. The van der Waals surface area contributed by atoms with Crippen LogP contribution in [0.3, 0.4) is 0 Å². The SMILES string of the molecule is CCCC(O)/C=C/CC=O. The largest absolute Gasteiger partial charge is 0.389 e. The maximum absolute atomic E-state index is 9.81. The normalized spacial score (nSPS) is 13.8. The van der Waals surface area contributed by atoms with E-state index in [-0.39, 0.29) is 6.10 Å². The Kier molecular flexibility index (Phi) is 6.08. The molecule has 0 saturated heterocycles. The lowest BCUT2D eigenvalue weighted by Crippen LogP contribution is -1.99. The summed E-state index contributed by atoms with van der Waals surface area (Å²) in [6, 6.07) is 0. The van der Waals surface area contributed by atoms with Gasteiger partial charge in [0.1, 0.15) is 6.29 Å². The molecule has 0 heterocycles. The smallest absolute Gasteiger partial charge is 0.123 e. The molecule has 0 bridgehead atoms. The summed E-state index contributed by atoms with van der Waals surface area (Å²) in [7, 11) is 0. The average Bonchev–Trinajstić information content (AvgIpc) is 1.89. The van der Waals surface area contributed by atoms with Gasteiger partial charge in [-0.1, -0.05) is 25.5 Å². The molecule has 1 unspecified atom stereocenters. The highest BCUT2D eigenvalue weighted by molar-refractivity contribution is 5.51. The van der Waals surface area contributed by atoms with Crippen molar-refractivity contribution in [3.63, 3.8) is 0 Å². The quantitative estimate of drug-likeness (QED) is 0.464. The number of aliphatic hydroxyl groups is 1. The van der Waals surface area contributed by atoms with Gasteiger partial charge in [0, 0.05) is 6.42 Å². The summed E-state index contributed by atoms with van der Waals surface area (Å²) in [5.41, 5.74) is 0. The fraction of sp³-hybridized carbons (Fsp3) is 0.625. The molecule has 0 aromatic rings. The van der Waals surface area contributed by atoms with E-state index in [4.69, 9.17) is 5.11 Å². The minimum atomic E-state index is -0.370. The molecule has 0 radical (unpaired) electrons. The predicted octanol–water partition coefficient (Wildman–Crippen LogP) is 1.29. The summed E-state index contributed by atoms with van der Waals surface area (Å²) in [6.45, 7) is 2.01. The number of aliphatic hydroxyl groups excluding tert-OH is 1. The van der Waals surface area contributed by atoms with E-state index in [0.29, 0.717) is 6.42 Å². The van der Waals surface area contributed by atoms with Gasteiger partial charge in [-0.25, -0.2) is 0 Å². The van der Waals surface area contributed by atoms with Crippen LogP contribution in [0.1, 0.15) is 26.2 Å². The van der Waals surface area contributed by atoms with Gasteiger partial charge in [-0.15, -0.1) is 0 Å². The maximum atomic E-state index is 9.81. The Morgan fingerprint density at radius 1 is 1.60 bits per heavy atom. The lowest BCUT2D eigenvalue weighted by atomic mass is 10.2. The van der Waals surface area contributed by atoms with Crippen LogP contribution < -0.4 is 0 Å². The first kappa shape index (κ1) is 9.37. The number of aldehydes is 1. The van der Waals surface area contributed by atoms with Crippen molar-refractivity contribution in [2.45, 2.75) is 32.3 Å². The van der Waals surface area contributed by atoms with Crippen LogP contribution in [0.4, 0.5) is 0 Å². The molecule has 0 aliphatic rings. The van der Waals surface area contributed by atoms with E-state index in [1.54, 1.807) is 12.2 Å². The van der Waals surface area contributed by atoms with Crippen LogP contribution in [0.5, 0.6) is 0 Å². The van der Waals surface area contributed by atoms with Gasteiger partial charge in [-0.3, -0.25) is 0 Å². The molecule has 10 heavy (non-hydrogen) atoms. The minimum absolute atomic E-state index is 0.370. The van der Waals surface area contributed by atoms with Gasteiger partial charge in [-0.05, 0) is 6.42 Å². The number of hydrogen-bond donors (Lipinski definition) is 1. The molecular formula is C8H14O2. The number of hydrogen-bond acceptors (Lipinski definition) is 2. The fourth-order valence-electron chi connectivity index (χ4n) is 0.683. The Balaban J connectivity index is 3.34. The van der Waals surface area contributed by atoms with E-state index in [2.05, 4.69) is 0 Å². The van der Waals surface area contributed by atoms with Crippen molar-refractivity contribution in [3.8, 4) is 0 Å². The summed E-state index contributed by atoms with van der Waals surface area (Å²) >= 11 is 0. The zero-order chi connectivity index (χ0) is 7.82. The summed E-state index contributed by atoms with van der Waals surface area (Å²) in [6.07, 6.45) is 5.94. The van der Waals surface area contributed by atoms with Gasteiger partial charge in [0.25, 0.3) is 0 Å². The molecule has 1 N–H and O–H groups in total. The van der Waals surface area contributed by atoms with Crippen molar-refractivity contribution < 1.29 is 9.90 Å². The van der Waals surface area contributed by atoms with Crippen LogP contribution in [0, 0.1) is 0 Å². The molecule has 0 amide bonds. The van der Waals surface area contributed by atoms with Gasteiger partial charge in [-0.2, -0.15) is 0 Å². The molecule has 0 aliphatic heterocycles. The molecule has 2 nitrogen and oxygen atoms in total. The van der Waals surface area contributed by atoms with Crippen LogP contribution in [-0.4, -0.2) is 17.5 Å². The Morgan fingerprint density at radius 3 is 2.80 bits per heavy atom. The summed E-state index contributed by atoms with van der Waals surface area (Å²) in [4.78, 5) is 9.81. The third-order valence-corrected chi connectivity index (χ3v) is 1.17. The third kappa shape index (κ3) is 5.51. The van der Waals surface area contributed by atoms with Crippen LogP contribution in [-0.2, 0) is 4.79 Å². The van der Waals surface area contributed by atoms with Crippen LogP contribution in [0.25, 0.3) is 0 Å². The van der Waals surface area contributed by atoms with E-state index in [9.17, 15) is 4.79 Å². The first-order valence-corrected chi connectivity index (χ1v) is 3.59. The van der Waals surface area contributed by atoms with E-state index >= 15 is 0 Å². The Labute approximate surface area is 61.6 Å². The third-order valence-electron chi connectivity index (χ3n) is 1.17. The summed E-state index contributed by atoms with van der Waals surface area (Å²) < 4.78 is 0. The molecule has 0 rings (SSSR count). The van der Waals surface area contributed by atoms with Crippen molar-refractivity contribution in [2.24, 2.45) is 0 Å². The van der Waals surface area contributed by atoms with E-state index in [1.807, 2.05) is 6.92 Å². The highest BCUT2D eigenvalue weighted by Crippen LogP contribution is 1.97. The monoisotopic (exact) mass is 142 g/mol. The number of allylic oxidation sites excluding steroid dienone is 1. The van der Waals surface area contributed by atoms with Crippen molar-refractivity contribution in [2.75, 3.05) is 0 Å². The molecule has 0 aromatic heterocycles. The van der Waals surface area contributed by atoms with Gasteiger partial charge < -0.3 is 9.90 Å².